The van der Waals surface area contributed by atoms with Gasteiger partial charge in [0.25, 0.3) is 0 Å². The molecule has 1 atom stereocenters. The fourth-order valence-electron chi connectivity index (χ4n) is 2.12. The van der Waals surface area contributed by atoms with Crippen molar-refractivity contribution in [3.05, 3.63) is 0 Å². The van der Waals surface area contributed by atoms with Gasteiger partial charge in [-0.15, -0.1) is 0 Å². The lowest BCUT2D eigenvalue weighted by Gasteiger charge is -2.20. The quantitative estimate of drug-likeness (QED) is 0.612. The summed E-state index contributed by atoms with van der Waals surface area (Å²) in [4.78, 5) is 13.9. The van der Waals surface area contributed by atoms with Gasteiger partial charge in [0.1, 0.15) is 6.61 Å². The smallest absolute Gasteiger partial charge is 0.246 e. The minimum atomic E-state index is -0.0422. The van der Waals surface area contributed by atoms with E-state index in [9.17, 15) is 4.79 Å². The monoisotopic (exact) mass is 258 g/mol. The molecule has 0 aromatic carbocycles. The Hall–Kier alpha value is -0.650. The second-order valence-electron chi connectivity index (χ2n) is 4.96. The van der Waals surface area contributed by atoms with Gasteiger partial charge in [0.15, 0.2) is 0 Å². The third-order valence-corrected chi connectivity index (χ3v) is 3.08. The molecule has 0 aromatic heterocycles. The molecule has 0 radical (unpaired) electrons. The standard InChI is InChI=1S/C13H26N2O3/c1-12(10-15-5-3-4-6-15)9-14-13(16)11-18-8-7-17-2/h12H,3-11H2,1-2H3,(H,14,16). The van der Waals surface area contributed by atoms with Crippen LogP contribution in [0.5, 0.6) is 0 Å². The van der Waals surface area contributed by atoms with Crippen LogP contribution in [-0.4, -0.2) is 63.9 Å². The Morgan fingerprint density at radius 1 is 1.33 bits per heavy atom. The molecular formula is C13H26N2O3. The minimum Gasteiger partial charge on any atom is -0.382 e. The molecular weight excluding hydrogens is 232 g/mol. The summed E-state index contributed by atoms with van der Waals surface area (Å²) in [6.45, 7) is 7.50. The number of carbonyl (C=O) groups excluding carboxylic acids is 1. The molecule has 0 bridgehead atoms. The second kappa shape index (κ2) is 9.30. The van der Waals surface area contributed by atoms with Crippen LogP contribution in [0.25, 0.3) is 0 Å². The van der Waals surface area contributed by atoms with E-state index in [-0.39, 0.29) is 12.5 Å². The molecule has 18 heavy (non-hydrogen) atoms. The highest BCUT2D eigenvalue weighted by Gasteiger charge is 2.14. The lowest BCUT2D eigenvalue weighted by Crippen LogP contribution is -2.36. The fourth-order valence-corrected chi connectivity index (χ4v) is 2.12. The lowest BCUT2D eigenvalue weighted by atomic mass is 10.1. The normalized spacial score (nSPS) is 17.9. The van der Waals surface area contributed by atoms with Crippen molar-refractivity contribution >= 4 is 5.91 Å². The number of hydrogen-bond donors (Lipinski definition) is 1. The van der Waals surface area contributed by atoms with E-state index >= 15 is 0 Å². The topological polar surface area (TPSA) is 50.8 Å². The molecule has 1 saturated heterocycles. The van der Waals surface area contributed by atoms with E-state index in [0.29, 0.717) is 19.1 Å². The number of nitrogens with zero attached hydrogens (tertiary/aromatic N) is 1. The first-order valence-corrected chi connectivity index (χ1v) is 6.78. The fraction of sp³-hybridized carbons (Fsp3) is 0.923. The van der Waals surface area contributed by atoms with Crippen molar-refractivity contribution in [1.82, 2.24) is 10.2 Å². The SMILES string of the molecule is COCCOCC(=O)NCC(C)CN1CCCC1. The van der Waals surface area contributed by atoms with Crippen LogP contribution >= 0.6 is 0 Å². The molecule has 0 spiro atoms. The average molecular weight is 258 g/mol. The second-order valence-corrected chi connectivity index (χ2v) is 4.96. The Kier molecular flexibility index (Phi) is 7.96. The molecule has 0 aliphatic carbocycles. The van der Waals surface area contributed by atoms with Gasteiger partial charge in [-0.3, -0.25) is 4.79 Å². The van der Waals surface area contributed by atoms with Gasteiger partial charge in [-0.1, -0.05) is 6.92 Å². The van der Waals surface area contributed by atoms with Crippen LogP contribution in [-0.2, 0) is 14.3 Å². The maximum Gasteiger partial charge on any atom is 0.246 e. The summed E-state index contributed by atoms with van der Waals surface area (Å²) in [5.74, 6) is 0.449. The molecule has 1 heterocycles. The van der Waals surface area contributed by atoms with Crippen molar-refractivity contribution in [2.45, 2.75) is 19.8 Å². The number of hydrogen-bond acceptors (Lipinski definition) is 4. The van der Waals surface area contributed by atoms with Gasteiger partial charge in [-0.25, -0.2) is 0 Å². The van der Waals surface area contributed by atoms with E-state index in [2.05, 4.69) is 17.1 Å². The number of ether oxygens (including phenoxy) is 2. The molecule has 1 aliphatic heterocycles. The highest BCUT2D eigenvalue weighted by atomic mass is 16.5. The van der Waals surface area contributed by atoms with Crippen LogP contribution in [0.4, 0.5) is 0 Å². The summed E-state index contributed by atoms with van der Waals surface area (Å²) < 4.78 is 9.99. The summed E-state index contributed by atoms with van der Waals surface area (Å²) in [7, 11) is 1.61. The minimum absolute atomic E-state index is 0.0422. The molecule has 1 unspecified atom stereocenters. The molecule has 0 aromatic rings. The van der Waals surface area contributed by atoms with Gasteiger partial charge in [-0.2, -0.15) is 0 Å². The Morgan fingerprint density at radius 3 is 2.72 bits per heavy atom. The number of methoxy groups -OCH3 is 1. The largest absolute Gasteiger partial charge is 0.382 e. The molecule has 106 valence electrons. The molecule has 5 nitrogen and oxygen atoms in total. The van der Waals surface area contributed by atoms with Crippen molar-refractivity contribution in [2.24, 2.45) is 5.92 Å². The van der Waals surface area contributed by atoms with Gasteiger partial charge in [0.05, 0.1) is 13.2 Å². The maximum absolute atomic E-state index is 11.5. The first-order valence-electron chi connectivity index (χ1n) is 6.78. The maximum atomic E-state index is 11.5. The molecule has 1 amide bonds. The first kappa shape index (κ1) is 15.4. The Labute approximate surface area is 110 Å². The van der Waals surface area contributed by atoms with Crippen LogP contribution in [0.1, 0.15) is 19.8 Å². The predicted molar refractivity (Wildman–Crippen MR) is 70.5 cm³/mol. The number of carbonyl (C=O) groups is 1. The first-order chi connectivity index (χ1) is 8.72. The molecule has 1 N–H and O–H groups in total. The Balaban J connectivity index is 1.98. The Bertz CT molecular complexity index is 230. The third-order valence-electron chi connectivity index (χ3n) is 3.08. The summed E-state index contributed by atoms with van der Waals surface area (Å²) in [6.07, 6.45) is 2.62. The van der Waals surface area contributed by atoms with Crippen LogP contribution < -0.4 is 5.32 Å². The van der Waals surface area contributed by atoms with E-state index in [0.717, 1.165) is 13.1 Å². The van der Waals surface area contributed by atoms with Gasteiger partial charge >= 0.3 is 0 Å². The van der Waals surface area contributed by atoms with Crippen LogP contribution in [0.2, 0.25) is 0 Å². The third kappa shape index (κ3) is 6.93. The zero-order chi connectivity index (χ0) is 13.2. The van der Waals surface area contributed by atoms with Gasteiger partial charge in [0, 0.05) is 20.2 Å². The zero-order valence-electron chi connectivity index (χ0n) is 11.6. The summed E-state index contributed by atoms with van der Waals surface area (Å²) >= 11 is 0. The van der Waals surface area contributed by atoms with Crippen LogP contribution in [0.3, 0.4) is 0 Å². The number of amides is 1. The predicted octanol–water partition coefficient (Wildman–Crippen LogP) is 0.498. The number of nitrogens with one attached hydrogen (secondary N) is 1. The zero-order valence-corrected chi connectivity index (χ0v) is 11.6. The molecule has 1 rings (SSSR count). The molecule has 5 heteroatoms. The van der Waals surface area contributed by atoms with E-state index in [1.54, 1.807) is 7.11 Å². The lowest BCUT2D eigenvalue weighted by molar-refractivity contribution is -0.126. The Morgan fingerprint density at radius 2 is 2.06 bits per heavy atom. The van der Waals surface area contributed by atoms with Crippen molar-refractivity contribution in [3.8, 4) is 0 Å². The van der Waals surface area contributed by atoms with Gasteiger partial charge < -0.3 is 19.7 Å². The summed E-state index contributed by atoms with van der Waals surface area (Å²) in [6, 6.07) is 0. The van der Waals surface area contributed by atoms with E-state index in [4.69, 9.17) is 9.47 Å². The average Bonchev–Trinajstić information content (AvgIpc) is 2.85. The number of likely N-dealkylation sites (tertiary alicyclic amines) is 1. The van der Waals surface area contributed by atoms with Gasteiger partial charge in [-0.05, 0) is 31.8 Å². The van der Waals surface area contributed by atoms with E-state index in [1.165, 1.54) is 25.9 Å². The van der Waals surface area contributed by atoms with Crippen molar-refractivity contribution < 1.29 is 14.3 Å². The van der Waals surface area contributed by atoms with Crippen LogP contribution in [0, 0.1) is 5.92 Å². The van der Waals surface area contributed by atoms with Gasteiger partial charge in [0.2, 0.25) is 5.91 Å². The van der Waals surface area contributed by atoms with Crippen molar-refractivity contribution in [1.29, 1.82) is 0 Å². The van der Waals surface area contributed by atoms with Crippen molar-refractivity contribution in [3.63, 3.8) is 0 Å². The highest BCUT2D eigenvalue weighted by Crippen LogP contribution is 2.09. The molecule has 1 aliphatic rings. The molecule has 1 fully saturated rings. The number of rotatable bonds is 9. The van der Waals surface area contributed by atoms with Crippen LogP contribution in [0.15, 0.2) is 0 Å². The van der Waals surface area contributed by atoms with E-state index < -0.39 is 0 Å². The van der Waals surface area contributed by atoms with E-state index in [1.807, 2.05) is 0 Å². The summed E-state index contributed by atoms with van der Waals surface area (Å²) in [5.41, 5.74) is 0. The summed E-state index contributed by atoms with van der Waals surface area (Å²) in [5, 5.41) is 2.90. The van der Waals surface area contributed by atoms with Crippen molar-refractivity contribution in [2.75, 3.05) is 53.1 Å². The highest BCUT2D eigenvalue weighted by molar-refractivity contribution is 5.77. The molecule has 0 saturated carbocycles.